The molecule has 13 heavy (non-hydrogen) atoms. The largest absolute Gasteiger partial charge is 0.317 e. The molecular weight excluding hydrogens is 166 g/mol. The molecule has 0 spiro atoms. The van der Waals surface area contributed by atoms with Gasteiger partial charge in [-0.05, 0) is 25.7 Å². The lowest BCUT2D eigenvalue weighted by Gasteiger charge is -2.29. The number of rotatable bonds is 0. The Morgan fingerprint density at radius 3 is 1.54 bits per heavy atom. The molecule has 0 aromatic carbocycles. The Kier molecular flexibility index (Phi) is 3.20. The monoisotopic (exact) mass is 184 g/mol. The number of imide groups is 1. The first kappa shape index (κ1) is 10.4. The number of carbonyl (C=O) groups excluding carboxylic acids is 2. The number of nitrogens with zero attached hydrogens (tertiary/aromatic N) is 1. The number of quaternary nitrogens is 1. The molecule has 1 heterocycles. The Morgan fingerprint density at radius 2 is 1.23 bits per heavy atom. The molecule has 1 saturated heterocycles. The second-order valence-corrected chi connectivity index (χ2v) is 3.87. The van der Waals surface area contributed by atoms with E-state index in [4.69, 9.17) is 0 Å². The molecular formula is C10H18NO2+. The summed E-state index contributed by atoms with van der Waals surface area (Å²) in [6.45, 7) is 4.49. The summed E-state index contributed by atoms with van der Waals surface area (Å²) in [6.07, 6.45) is 4.30. The van der Waals surface area contributed by atoms with Crippen molar-refractivity contribution in [3.05, 3.63) is 0 Å². The highest BCUT2D eigenvalue weighted by molar-refractivity contribution is 5.81. The van der Waals surface area contributed by atoms with E-state index in [2.05, 4.69) is 0 Å². The van der Waals surface area contributed by atoms with Gasteiger partial charge in [0.1, 0.15) is 0 Å². The normalized spacial score (nSPS) is 22.0. The van der Waals surface area contributed by atoms with Crippen molar-refractivity contribution < 1.29 is 14.1 Å². The number of likely N-dealkylation sites (tertiary alicyclic amines) is 1. The van der Waals surface area contributed by atoms with Crippen LogP contribution in [-0.2, 0) is 9.59 Å². The SMILES string of the molecule is CC(=O)[N+]1(C(C)=O)CCCCCC1. The van der Waals surface area contributed by atoms with Crippen LogP contribution >= 0.6 is 0 Å². The topological polar surface area (TPSA) is 34.1 Å². The van der Waals surface area contributed by atoms with E-state index in [1.165, 1.54) is 13.8 Å². The minimum Gasteiger partial charge on any atom is -0.231 e. The van der Waals surface area contributed by atoms with Gasteiger partial charge < -0.3 is 0 Å². The molecule has 2 amide bonds. The second-order valence-electron chi connectivity index (χ2n) is 3.87. The van der Waals surface area contributed by atoms with Gasteiger partial charge in [-0.25, -0.2) is 9.59 Å². The maximum absolute atomic E-state index is 11.5. The zero-order chi connectivity index (χ0) is 9.90. The third-order valence-corrected chi connectivity index (χ3v) is 3.04. The third-order valence-electron chi connectivity index (χ3n) is 3.04. The molecule has 0 aromatic heterocycles. The standard InChI is InChI=1S/C10H18NO2/c1-9(12)11(10(2)13)7-5-3-4-6-8-11/h3-8H2,1-2H3/q+1. The maximum Gasteiger partial charge on any atom is 0.317 e. The van der Waals surface area contributed by atoms with Crippen LogP contribution in [0.5, 0.6) is 0 Å². The molecule has 1 fully saturated rings. The molecule has 0 radical (unpaired) electrons. The fraction of sp³-hybridized carbons (Fsp3) is 0.800. The molecule has 0 aliphatic carbocycles. The minimum absolute atomic E-state index is 0.00870. The van der Waals surface area contributed by atoms with E-state index in [0.717, 1.165) is 25.7 Å². The lowest BCUT2D eigenvalue weighted by atomic mass is 10.2. The molecule has 0 unspecified atom stereocenters. The van der Waals surface area contributed by atoms with Crippen LogP contribution in [0.4, 0.5) is 0 Å². The Labute approximate surface area is 79.3 Å². The highest BCUT2D eigenvalue weighted by Crippen LogP contribution is 2.19. The van der Waals surface area contributed by atoms with Gasteiger partial charge in [0.05, 0.1) is 26.9 Å². The maximum atomic E-state index is 11.5. The van der Waals surface area contributed by atoms with Gasteiger partial charge in [0, 0.05) is 0 Å². The molecule has 0 N–H and O–H groups in total. The number of carbonyl (C=O) groups is 2. The van der Waals surface area contributed by atoms with Crippen LogP contribution in [0.25, 0.3) is 0 Å². The molecule has 3 heteroatoms. The number of amides is 2. The van der Waals surface area contributed by atoms with Gasteiger partial charge in [0.2, 0.25) is 0 Å². The highest BCUT2D eigenvalue weighted by Gasteiger charge is 2.38. The molecule has 3 nitrogen and oxygen atoms in total. The van der Waals surface area contributed by atoms with E-state index in [9.17, 15) is 9.59 Å². The number of hydrogen-bond acceptors (Lipinski definition) is 2. The van der Waals surface area contributed by atoms with Crippen LogP contribution in [0.3, 0.4) is 0 Å². The van der Waals surface area contributed by atoms with Crippen molar-refractivity contribution in [2.75, 3.05) is 13.1 Å². The van der Waals surface area contributed by atoms with Gasteiger partial charge in [-0.3, -0.25) is 0 Å². The van der Waals surface area contributed by atoms with Gasteiger partial charge in [0.25, 0.3) is 0 Å². The van der Waals surface area contributed by atoms with E-state index in [-0.39, 0.29) is 16.3 Å². The first-order valence-electron chi connectivity index (χ1n) is 4.99. The summed E-state index contributed by atoms with van der Waals surface area (Å²) in [5, 5.41) is 0. The van der Waals surface area contributed by atoms with Gasteiger partial charge in [-0.1, -0.05) is 0 Å². The van der Waals surface area contributed by atoms with Crippen LogP contribution in [0.15, 0.2) is 0 Å². The smallest absolute Gasteiger partial charge is 0.231 e. The van der Waals surface area contributed by atoms with Gasteiger partial charge in [-0.15, -0.1) is 0 Å². The molecule has 0 atom stereocenters. The molecule has 1 aliphatic heterocycles. The van der Waals surface area contributed by atoms with Crippen molar-refractivity contribution in [1.29, 1.82) is 0 Å². The molecule has 1 aliphatic rings. The highest BCUT2D eigenvalue weighted by atomic mass is 16.2. The second kappa shape index (κ2) is 4.01. The zero-order valence-electron chi connectivity index (χ0n) is 8.51. The van der Waals surface area contributed by atoms with Crippen LogP contribution in [0.2, 0.25) is 0 Å². The van der Waals surface area contributed by atoms with Crippen LogP contribution in [0, 0.1) is 0 Å². The Morgan fingerprint density at radius 1 is 0.846 bits per heavy atom. The van der Waals surface area contributed by atoms with Crippen molar-refractivity contribution in [3.63, 3.8) is 0 Å². The molecule has 0 aromatic rings. The van der Waals surface area contributed by atoms with E-state index >= 15 is 0 Å². The van der Waals surface area contributed by atoms with Crippen molar-refractivity contribution in [1.82, 2.24) is 0 Å². The quantitative estimate of drug-likeness (QED) is 0.534. The minimum atomic E-state index is 0.00870. The average Bonchev–Trinajstić information content (AvgIpc) is 2.28. The van der Waals surface area contributed by atoms with E-state index < -0.39 is 0 Å². The lowest BCUT2D eigenvalue weighted by Crippen LogP contribution is -2.55. The molecule has 0 bridgehead atoms. The van der Waals surface area contributed by atoms with Gasteiger partial charge in [-0.2, -0.15) is 4.48 Å². The average molecular weight is 184 g/mol. The predicted octanol–water partition coefficient (Wildman–Crippen LogP) is 1.47. The summed E-state index contributed by atoms with van der Waals surface area (Å²) in [7, 11) is 0. The zero-order valence-corrected chi connectivity index (χ0v) is 8.51. The number of hydrogen-bond donors (Lipinski definition) is 0. The van der Waals surface area contributed by atoms with Crippen molar-refractivity contribution in [2.24, 2.45) is 0 Å². The molecule has 1 rings (SSSR count). The van der Waals surface area contributed by atoms with E-state index in [1.807, 2.05) is 0 Å². The molecule has 0 saturated carbocycles. The summed E-state index contributed by atoms with van der Waals surface area (Å²) in [5.41, 5.74) is 0. The van der Waals surface area contributed by atoms with Gasteiger partial charge in [0.15, 0.2) is 0 Å². The summed E-state index contributed by atoms with van der Waals surface area (Å²) in [4.78, 5) is 22.9. The van der Waals surface area contributed by atoms with E-state index in [0.29, 0.717) is 13.1 Å². The fourth-order valence-electron chi connectivity index (χ4n) is 2.08. The summed E-state index contributed by atoms with van der Waals surface area (Å²) < 4.78 is 0.0833. The summed E-state index contributed by atoms with van der Waals surface area (Å²) in [6, 6.07) is 0. The van der Waals surface area contributed by atoms with Crippen LogP contribution in [0.1, 0.15) is 39.5 Å². The van der Waals surface area contributed by atoms with Crippen molar-refractivity contribution >= 4 is 11.8 Å². The fourth-order valence-corrected chi connectivity index (χ4v) is 2.08. The summed E-state index contributed by atoms with van der Waals surface area (Å²) in [5.74, 6) is 0.0174. The predicted molar refractivity (Wildman–Crippen MR) is 49.8 cm³/mol. The first-order valence-corrected chi connectivity index (χ1v) is 4.99. The molecule has 74 valence electrons. The lowest BCUT2D eigenvalue weighted by molar-refractivity contribution is -0.777. The Balaban J connectivity index is 2.86. The third kappa shape index (κ3) is 1.97. The van der Waals surface area contributed by atoms with E-state index in [1.54, 1.807) is 0 Å². The Hall–Kier alpha value is -0.700. The van der Waals surface area contributed by atoms with Crippen LogP contribution in [-0.4, -0.2) is 29.4 Å². The first-order chi connectivity index (χ1) is 6.09. The van der Waals surface area contributed by atoms with Crippen molar-refractivity contribution in [2.45, 2.75) is 39.5 Å². The van der Waals surface area contributed by atoms with Crippen LogP contribution < -0.4 is 0 Å². The Bertz CT molecular complexity index is 199. The van der Waals surface area contributed by atoms with Crippen molar-refractivity contribution in [3.8, 4) is 0 Å². The van der Waals surface area contributed by atoms with Gasteiger partial charge >= 0.3 is 11.8 Å². The summed E-state index contributed by atoms with van der Waals surface area (Å²) >= 11 is 0.